The first-order chi connectivity index (χ1) is 11.9. The predicted octanol–water partition coefficient (Wildman–Crippen LogP) is 3.05. The minimum Gasteiger partial charge on any atom is -0.355 e. The zero-order valence-corrected chi connectivity index (χ0v) is 15.5. The Labute approximate surface area is 149 Å². The summed E-state index contributed by atoms with van der Waals surface area (Å²) in [5.74, 6) is 0.0688. The topological polar surface area (TPSA) is 66.5 Å². The molecule has 2 atom stereocenters. The molecule has 0 radical (unpaired) electrons. The van der Waals surface area contributed by atoms with E-state index in [1.54, 1.807) is 6.92 Å². The van der Waals surface area contributed by atoms with Crippen molar-refractivity contribution >= 4 is 11.6 Å². The van der Waals surface area contributed by atoms with Crippen molar-refractivity contribution in [3.8, 4) is 0 Å². The minimum atomic E-state index is -0.187. The number of quaternary nitrogens is 1. The van der Waals surface area contributed by atoms with Crippen molar-refractivity contribution in [2.24, 2.45) is 0 Å². The van der Waals surface area contributed by atoms with E-state index >= 15 is 0 Å². The molecule has 0 unspecified atom stereocenters. The summed E-state index contributed by atoms with van der Waals surface area (Å²) in [5.41, 5.74) is 5.55. The smallest absolute Gasteiger partial charge is 0.235 e. The van der Waals surface area contributed by atoms with Gasteiger partial charge in [-0.25, -0.2) is 0 Å². The van der Waals surface area contributed by atoms with Gasteiger partial charge in [-0.3, -0.25) is 9.59 Å². The second-order valence-corrected chi connectivity index (χ2v) is 7.22. The first kappa shape index (κ1) is 17.6. The van der Waals surface area contributed by atoms with Crippen molar-refractivity contribution in [2.75, 3.05) is 0 Å². The van der Waals surface area contributed by atoms with Crippen LogP contribution in [0, 0.1) is 13.8 Å². The molecule has 2 aromatic rings. The van der Waals surface area contributed by atoms with Crippen LogP contribution in [0.1, 0.15) is 76.0 Å². The molecule has 132 valence electrons. The number of benzene rings is 1. The summed E-state index contributed by atoms with van der Waals surface area (Å²) in [6, 6.07) is 8.68. The van der Waals surface area contributed by atoms with Crippen LogP contribution < -0.4 is 5.32 Å². The van der Waals surface area contributed by atoms with Crippen molar-refractivity contribution in [3.05, 3.63) is 57.9 Å². The number of carbonyl (C=O) groups excluding carboxylic acids is 2. The van der Waals surface area contributed by atoms with Crippen molar-refractivity contribution in [2.45, 2.75) is 59.0 Å². The lowest BCUT2D eigenvalue weighted by molar-refractivity contribution is -0.713. The largest absolute Gasteiger partial charge is 0.355 e. The first-order valence-electron chi connectivity index (χ1n) is 9.07. The minimum absolute atomic E-state index is 0.00291. The first-order valence-corrected chi connectivity index (χ1v) is 9.07. The van der Waals surface area contributed by atoms with E-state index in [1.165, 1.54) is 11.1 Å². The molecule has 1 aliphatic carbocycles. The molecule has 0 saturated carbocycles. The Morgan fingerprint density at radius 1 is 1.24 bits per heavy atom. The molecule has 0 bridgehead atoms. The molecule has 0 saturated heterocycles. The van der Waals surface area contributed by atoms with Gasteiger partial charge < -0.3 is 10.3 Å². The van der Waals surface area contributed by atoms with Crippen molar-refractivity contribution in [3.63, 3.8) is 0 Å². The van der Waals surface area contributed by atoms with E-state index in [9.17, 15) is 9.59 Å². The molecule has 4 heteroatoms. The van der Waals surface area contributed by atoms with E-state index < -0.39 is 0 Å². The summed E-state index contributed by atoms with van der Waals surface area (Å²) in [4.78, 5) is 27.9. The van der Waals surface area contributed by atoms with Gasteiger partial charge in [0.1, 0.15) is 12.1 Å². The lowest BCUT2D eigenvalue weighted by Gasteiger charge is -2.25. The third kappa shape index (κ3) is 3.31. The monoisotopic (exact) mass is 339 g/mol. The average molecular weight is 339 g/mol. The molecule has 4 nitrogen and oxygen atoms in total. The van der Waals surface area contributed by atoms with E-state index in [4.69, 9.17) is 0 Å². The standard InChI is InChI=1S/C21H26N2O2/c1-12-19(15(4)24)13(2)23-20(12)21(25)14(3)22-18-11-7-9-16-8-5-6-10-17(16)18/h5-6,8,10,14,18,22-23H,7,9,11H2,1-4H3/p+1/t14-,18-/m0/s1. The summed E-state index contributed by atoms with van der Waals surface area (Å²) in [6.45, 7) is 7.22. The van der Waals surface area contributed by atoms with Crippen molar-refractivity contribution in [1.29, 1.82) is 0 Å². The van der Waals surface area contributed by atoms with Gasteiger partial charge in [-0.05, 0) is 51.7 Å². The fourth-order valence-electron chi connectivity index (χ4n) is 4.18. The third-order valence-corrected chi connectivity index (χ3v) is 5.39. The third-order valence-electron chi connectivity index (χ3n) is 5.39. The van der Waals surface area contributed by atoms with Gasteiger partial charge in [0.05, 0.1) is 5.69 Å². The number of aromatic amines is 1. The summed E-state index contributed by atoms with van der Waals surface area (Å²) in [5, 5.41) is 2.18. The number of hydrogen-bond donors (Lipinski definition) is 2. The lowest BCUT2D eigenvalue weighted by Crippen LogP contribution is -2.92. The highest BCUT2D eigenvalue weighted by Gasteiger charge is 2.30. The van der Waals surface area contributed by atoms with Crippen molar-refractivity contribution in [1.82, 2.24) is 4.98 Å². The maximum absolute atomic E-state index is 13.0. The Balaban J connectivity index is 1.81. The summed E-state index contributed by atoms with van der Waals surface area (Å²) in [6.07, 6.45) is 3.38. The molecule has 3 rings (SSSR count). The van der Waals surface area contributed by atoms with Gasteiger partial charge in [-0.15, -0.1) is 0 Å². The second kappa shape index (κ2) is 6.96. The highest BCUT2D eigenvalue weighted by atomic mass is 16.1. The van der Waals surface area contributed by atoms with Crippen LogP contribution in [-0.4, -0.2) is 22.6 Å². The summed E-state index contributed by atoms with van der Waals surface area (Å²) in [7, 11) is 0. The van der Waals surface area contributed by atoms with E-state index in [0.29, 0.717) is 17.3 Å². The zero-order valence-electron chi connectivity index (χ0n) is 15.5. The van der Waals surface area contributed by atoms with Gasteiger partial charge >= 0.3 is 0 Å². The number of fused-ring (bicyclic) bond motifs is 1. The molecule has 1 aromatic carbocycles. The molecule has 1 aliphatic rings. The lowest BCUT2D eigenvalue weighted by atomic mass is 9.87. The number of carbonyl (C=O) groups is 2. The van der Waals surface area contributed by atoms with Crippen LogP contribution in [0.4, 0.5) is 0 Å². The molecule has 1 heterocycles. The number of nitrogens with two attached hydrogens (primary N) is 1. The number of aryl methyl sites for hydroxylation is 2. The molecule has 25 heavy (non-hydrogen) atoms. The zero-order chi connectivity index (χ0) is 18.1. The van der Waals surface area contributed by atoms with Gasteiger partial charge in [0.25, 0.3) is 0 Å². The van der Waals surface area contributed by atoms with Crippen LogP contribution in [0.5, 0.6) is 0 Å². The second-order valence-electron chi connectivity index (χ2n) is 7.22. The summed E-state index contributed by atoms with van der Waals surface area (Å²) < 4.78 is 0. The Bertz CT molecular complexity index is 819. The van der Waals surface area contributed by atoms with Crippen LogP contribution in [0.15, 0.2) is 24.3 Å². The number of H-pyrrole nitrogens is 1. The van der Waals surface area contributed by atoms with E-state index in [1.807, 2.05) is 20.8 Å². The number of ketones is 2. The van der Waals surface area contributed by atoms with Gasteiger partial charge in [0, 0.05) is 23.2 Å². The number of Topliss-reactive ketones (excluding diaryl/α,β-unsaturated/α-hetero) is 2. The van der Waals surface area contributed by atoms with Gasteiger partial charge in [-0.1, -0.05) is 24.3 Å². The van der Waals surface area contributed by atoms with Crippen molar-refractivity contribution < 1.29 is 14.9 Å². The maximum atomic E-state index is 13.0. The number of aromatic nitrogens is 1. The Morgan fingerprint density at radius 3 is 2.64 bits per heavy atom. The van der Waals surface area contributed by atoms with Gasteiger partial charge in [-0.2, -0.15) is 0 Å². The molecule has 3 N–H and O–H groups in total. The molecule has 0 fully saturated rings. The van der Waals surface area contributed by atoms with Crippen LogP contribution in [-0.2, 0) is 6.42 Å². The van der Waals surface area contributed by atoms with Crippen LogP contribution >= 0.6 is 0 Å². The Morgan fingerprint density at radius 2 is 1.96 bits per heavy atom. The normalized spacial score (nSPS) is 17.8. The number of rotatable bonds is 5. The molecular formula is C21H27N2O2+. The van der Waals surface area contributed by atoms with Crippen LogP contribution in [0.25, 0.3) is 0 Å². The molecular weight excluding hydrogens is 312 g/mol. The fraction of sp³-hybridized carbons (Fsp3) is 0.429. The highest BCUT2D eigenvalue weighted by molar-refractivity contribution is 6.04. The quantitative estimate of drug-likeness (QED) is 0.822. The highest BCUT2D eigenvalue weighted by Crippen LogP contribution is 2.27. The SMILES string of the molecule is CC(=O)c1c(C)[nH]c(C(=O)[C@H](C)[NH2+][C@H]2CCCc3ccccc32)c1C. The van der Waals surface area contributed by atoms with Gasteiger partial charge in [0.15, 0.2) is 5.78 Å². The Kier molecular flexibility index (Phi) is 4.91. The molecule has 1 aromatic heterocycles. The van der Waals surface area contributed by atoms with Gasteiger partial charge in [0.2, 0.25) is 5.78 Å². The predicted molar refractivity (Wildman–Crippen MR) is 98.1 cm³/mol. The average Bonchev–Trinajstić information content (AvgIpc) is 2.89. The van der Waals surface area contributed by atoms with Crippen LogP contribution in [0.2, 0.25) is 0 Å². The van der Waals surface area contributed by atoms with E-state index in [-0.39, 0.29) is 17.6 Å². The number of hydrogen-bond acceptors (Lipinski definition) is 2. The van der Waals surface area contributed by atoms with E-state index in [2.05, 4.69) is 34.6 Å². The van der Waals surface area contributed by atoms with Crippen LogP contribution in [0.3, 0.4) is 0 Å². The molecule has 0 spiro atoms. The number of nitrogens with one attached hydrogen (secondary N) is 1. The maximum Gasteiger partial charge on any atom is 0.235 e. The Hall–Kier alpha value is -2.20. The molecule has 0 aliphatic heterocycles. The fourth-order valence-corrected chi connectivity index (χ4v) is 4.18. The molecule has 0 amide bonds. The van der Waals surface area contributed by atoms with E-state index in [0.717, 1.165) is 30.5 Å². The summed E-state index contributed by atoms with van der Waals surface area (Å²) >= 11 is 0.